The van der Waals surface area contributed by atoms with Crippen LogP contribution < -0.4 is 11.1 Å². The van der Waals surface area contributed by atoms with Crippen LogP contribution in [0.5, 0.6) is 0 Å². The zero-order valence-electron chi connectivity index (χ0n) is 8.51. The van der Waals surface area contributed by atoms with Gasteiger partial charge < -0.3 is 16.2 Å². The fourth-order valence-corrected chi connectivity index (χ4v) is 1.57. The summed E-state index contributed by atoms with van der Waals surface area (Å²) < 4.78 is 1.35. The van der Waals surface area contributed by atoms with Crippen molar-refractivity contribution in [1.29, 1.82) is 0 Å². The fourth-order valence-electron chi connectivity index (χ4n) is 0.904. The first-order valence-corrected chi connectivity index (χ1v) is 5.27. The number of aliphatic carboxylic acids is 1. The molecule has 0 aliphatic rings. The van der Waals surface area contributed by atoms with Crippen LogP contribution in [0.25, 0.3) is 0 Å². The van der Waals surface area contributed by atoms with Gasteiger partial charge in [-0.25, -0.2) is 0 Å². The summed E-state index contributed by atoms with van der Waals surface area (Å²) >= 11 is 0.958. The van der Waals surface area contributed by atoms with Crippen molar-refractivity contribution >= 4 is 29.6 Å². The van der Waals surface area contributed by atoms with Crippen LogP contribution in [0.15, 0.2) is 5.16 Å². The van der Waals surface area contributed by atoms with Crippen LogP contribution in [0.2, 0.25) is 0 Å². The lowest BCUT2D eigenvalue weighted by atomic mass is 10.6. The van der Waals surface area contributed by atoms with Crippen molar-refractivity contribution in [1.82, 2.24) is 20.1 Å². The number of anilines is 1. The second-order valence-electron chi connectivity index (χ2n) is 2.78. The smallest absolute Gasteiger partial charge is 0.313 e. The maximum atomic E-state index is 11.2. The quantitative estimate of drug-likeness (QED) is 0.556. The van der Waals surface area contributed by atoms with Crippen molar-refractivity contribution < 1.29 is 14.7 Å². The molecule has 0 saturated heterocycles. The third kappa shape index (κ3) is 3.12. The standard InChI is InChI=1S/C7H11N5O3S/c1-9-4(13)2-12-6(8)10-11-7(12)16-3-5(14)15/h2-3H2,1H3,(H2,8,10)(H,9,13)(H,14,15). The molecule has 1 rings (SSSR count). The Balaban J connectivity index is 2.77. The number of carbonyl (C=O) groups is 2. The lowest BCUT2D eigenvalue weighted by Gasteiger charge is -2.05. The van der Waals surface area contributed by atoms with E-state index in [-0.39, 0.29) is 24.2 Å². The van der Waals surface area contributed by atoms with E-state index in [9.17, 15) is 9.59 Å². The lowest BCUT2D eigenvalue weighted by molar-refractivity contribution is -0.133. The first-order chi connectivity index (χ1) is 7.54. The molecule has 1 aromatic rings. The van der Waals surface area contributed by atoms with E-state index in [0.717, 1.165) is 11.8 Å². The van der Waals surface area contributed by atoms with Crippen molar-refractivity contribution in [2.75, 3.05) is 18.5 Å². The van der Waals surface area contributed by atoms with Crippen molar-refractivity contribution in [3.05, 3.63) is 0 Å². The Morgan fingerprint density at radius 2 is 2.25 bits per heavy atom. The SMILES string of the molecule is CNC(=O)Cn1c(N)nnc1SCC(=O)O. The number of carboxylic acid groups (broad SMARTS) is 1. The number of carbonyl (C=O) groups excluding carboxylic acids is 1. The number of nitrogen functional groups attached to an aromatic ring is 1. The number of hydrogen-bond donors (Lipinski definition) is 3. The topological polar surface area (TPSA) is 123 Å². The van der Waals surface area contributed by atoms with E-state index in [0.29, 0.717) is 5.16 Å². The molecule has 0 aliphatic heterocycles. The third-order valence-corrected chi connectivity index (χ3v) is 2.60. The van der Waals surface area contributed by atoms with Crippen LogP contribution in [-0.4, -0.2) is 44.5 Å². The molecule has 8 nitrogen and oxygen atoms in total. The molecule has 0 radical (unpaired) electrons. The first-order valence-electron chi connectivity index (χ1n) is 4.28. The maximum absolute atomic E-state index is 11.2. The Kier molecular flexibility index (Phi) is 4.11. The highest BCUT2D eigenvalue weighted by atomic mass is 32.2. The van der Waals surface area contributed by atoms with Gasteiger partial charge in [-0.15, -0.1) is 10.2 Å². The first kappa shape index (κ1) is 12.3. The van der Waals surface area contributed by atoms with Gasteiger partial charge in [-0.05, 0) is 0 Å². The summed E-state index contributed by atoms with van der Waals surface area (Å²) in [5.74, 6) is -1.32. The van der Waals surface area contributed by atoms with Crippen LogP contribution in [-0.2, 0) is 16.1 Å². The minimum Gasteiger partial charge on any atom is -0.481 e. The van der Waals surface area contributed by atoms with Crippen molar-refractivity contribution in [3.8, 4) is 0 Å². The summed E-state index contributed by atoms with van der Waals surface area (Å²) in [5, 5.41) is 18.5. The van der Waals surface area contributed by atoms with Gasteiger partial charge in [-0.3, -0.25) is 14.2 Å². The molecule has 88 valence electrons. The van der Waals surface area contributed by atoms with Gasteiger partial charge in [0.05, 0.1) is 5.75 Å². The van der Waals surface area contributed by atoms with Crippen LogP contribution in [0.3, 0.4) is 0 Å². The van der Waals surface area contributed by atoms with Gasteiger partial charge in [0.1, 0.15) is 6.54 Å². The molecule has 0 fully saturated rings. The number of nitrogens with two attached hydrogens (primary N) is 1. The Morgan fingerprint density at radius 1 is 1.56 bits per heavy atom. The molecule has 0 saturated carbocycles. The Hall–Kier alpha value is -1.77. The normalized spacial score (nSPS) is 10.1. The Labute approximate surface area is 95.2 Å². The monoisotopic (exact) mass is 245 g/mol. The number of likely N-dealkylation sites (N-methyl/N-ethyl adjacent to an activating group) is 1. The molecule has 0 spiro atoms. The van der Waals surface area contributed by atoms with Gasteiger partial charge in [0.2, 0.25) is 11.9 Å². The summed E-state index contributed by atoms with van der Waals surface area (Å²) in [4.78, 5) is 21.5. The zero-order valence-corrected chi connectivity index (χ0v) is 9.32. The second-order valence-corrected chi connectivity index (χ2v) is 3.73. The number of amides is 1. The molecular weight excluding hydrogens is 234 g/mol. The van der Waals surface area contributed by atoms with E-state index in [1.807, 2.05) is 0 Å². The zero-order chi connectivity index (χ0) is 12.1. The van der Waals surface area contributed by atoms with Gasteiger partial charge >= 0.3 is 5.97 Å². The number of nitrogens with zero attached hydrogens (tertiary/aromatic N) is 3. The molecule has 1 heterocycles. The largest absolute Gasteiger partial charge is 0.481 e. The van der Waals surface area contributed by atoms with Gasteiger partial charge in [0.15, 0.2) is 5.16 Å². The maximum Gasteiger partial charge on any atom is 0.313 e. The molecule has 0 aromatic carbocycles. The molecule has 16 heavy (non-hydrogen) atoms. The summed E-state index contributed by atoms with van der Waals surface area (Å²) in [6.07, 6.45) is 0. The second kappa shape index (κ2) is 5.35. The molecule has 4 N–H and O–H groups in total. The van der Waals surface area contributed by atoms with Crippen LogP contribution >= 0.6 is 11.8 Å². The lowest BCUT2D eigenvalue weighted by Crippen LogP contribution is -2.24. The number of rotatable bonds is 5. The number of nitrogens with one attached hydrogen (secondary N) is 1. The molecule has 0 aliphatic carbocycles. The van der Waals surface area contributed by atoms with Crippen molar-refractivity contribution in [2.45, 2.75) is 11.7 Å². The predicted molar refractivity (Wildman–Crippen MR) is 56.9 cm³/mol. The molecule has 0 atom stereocenters. The highest BCUT2D eigenvalue weighted by Crippen LogP contribution is 2.17. The molecule has 9 heteroatoms. The molecule has 1 aromatic heterocycles. The third-order valence-electron chi connectivity index (χ3n) is 1.65. The Bertz CT molecular complexity index is 405. The van der Waals surface area contributed by atoms with E-state index in [1.165, 1.54) is 11.6 Å². The Morgan fingerprint density at radius 3 is 2.81 bits per heavy atom. The number of thioether (sulfide) groups is 1. The average Bonchev–Trinajstić information content (AvgIpc) is 2.57. The van der Waals surface area contributed by atoms with Crippen LogP contribution in [0, 0.1) is 0 Å². The number of hydrogen-bond acceptors (Lipinski definition) is 6. The van der Waals surface area contributed by atoms with Crippen molar-refractivity contribution in [2.24, 2.45) is 0 Å². The number of carboxylic acids is 1. The highest BCUT2D eigenvalue weighted by molar-refractivity contribution is 7.99. The van der Waals surface area contributed by atoms with E-state index < -0.39 is 5.97 Å². The minimum atomic E-state index is -0.974. The van der Waals surface area contributed by atoms with Crippen LogP contribution in [0.4, 0.5) is 5.95 Å². The molecule has 1 amide bonds. The van der Waals surface area contributed by atoms with Gasteiger partial charge in [0.25, 0.3) is 0 Å². The van der Waals surface area contributed by atoms with E-state index in [1.54, 1.807) is 0 Å². The summed E-state index contributed by atoms with van der Waals surface area (Å²) in [6.45, 7) is -0.0305. The van der Waals surface area contributed by atoms with E-state index in [2.05, 4.69) is 15.5 Å². The highest BCUT2D eigenvalue weighted by Gasteiger charge is 2.13. The fraction of sp³-hybridized carbons (Fsp3) is 0.429. The van der Waals surface area contributed by atoms with Gasteiger partial charge in [-0.2, -0.15) is 0 Å². The van der Waals surface area contributed by atoms with E-state index in [4.69, 9.17) is 10.8 Å². The van der Waals surface area contributed by atoms with Gasteiger partial charge in [-0.1, -0.05) is 11.8 Å². The minimum absolute atomic E-state index is 0.0305. The number of aromatic nitrogens is 3. The summed E-state index contributed by atoms with van der Waals surface area (Å²) in [6, 6.07) is 0. The van der Waals surface area contributed by atoms with Crippen LogP contribution in [0.1, 0.15) is 0 Å². The van der Waals surface area contributed by atoms with Crippen molar-refractivity contribution in [3.63, 3.8) is 0 Å². The molecule has 0 unspecified atom stereocenters. The summed E-state index contributed by atoms with van der Waals surface area (Å²) in [5.41, 5.74) is 5.50. The summed E-state index contributed by atoms with van der Waals surface area (Å²) in [7, 11) is 1.49. The van der Waals surface area contributed by atoms with E-state index >= 15 is 0 Å². The average molecular weight is 245 g/mol. The molecular formula is C7H11N5O3S. The predicted octanol–water partition coefficient (Wildman–Crippen LogP) is -1.22. The van der Waals surface area contributed by atoms with Gasteiger partial charge in [0, 0.05) is 7.05 Å². The molecule has 0 bridgehead atoms.